The molecule has 4 nitrogen and oxygen atoms in total. The molecular formula is C14H13FN2O2S. The van der Waals surface area contributed by atoms with Crippen molar-refractivity contribution in [2.45, 2.75) is 13.3 Å². The molecule has 1 heterocycles. The number of amides is 1. The summed E-state index contributed by atoms with van der Waals surface area (Å²) in [6.45, 7) is 1.92. The van der Waals surface area contributed by atoms with Crippen LogP contribution in [0.1, 0.15) is 28.8 Å². The van der Waals surface area contributed by atoms with E-state index < -0.39 is 11.7 Å². The van der Waals surface area contributed by atoms with Crippen LogP contribution in [0, 0.1) is 5.82 Å². The standard InChI is InChI=1S/C14H13FN2O2S/c1-2-9-4-6-12(19-9)14(18)17-11-5-3-8(15)7-10(11)13(16)20/h3-7H,2H2,1H3,(H2,16,20)(H,17,18). The zero-order valence-corrected chi connectivity index (χ0v) is 11.6. The van der Waals surface area contributed by atoms with E-state index in [0.717, 1.165) is 0 Å². The summed E-state index contributed by atoms with van der Waals surface area (Å²) in [5.41, 5.74) is 6.13. The molecule has 3 N–H and O–H groups in total. The second-order valence-corrected chi connectivity index (χ2v) is 4.57. The number of nitrogens with one attached hydrogen (secondary N) is 1. The summed E-state index contributed by atoms with van der Waals surface area (Å²) in [7, 11) is 0. The Kier molecular flexibility index (Phi) is 4.14. The van der Waals surface area contributed by atoms with Gasteiger partial charge in [0.05, 0.1) is 5.69 Å². The highest BCUT2D eigenvalue weighted by Crippen LogP contribution is 2.19. The van der Waals surface area contributed by atoms with E-state index in [4.69, 9.17) is 22.4 Å². The maximum atomic E-state index is 13.2. The van der Waals surface area contributed by atoms with E-state index in [1.165, 1.54) is 18.2 Å². The zero-order valence-electron chi connectivity index (χ0n) is 10.8. The smallest absolute Gasteiger partial charge is 0.291 e. The van der Waals surface area contributed by atoms with Crippen LogP contribution in [0.4, 0.5) is 10.1 Å². The summed E-state index contributed by atoms with van der Waals surface area (Å²) < 4.78 is 18.5. The Balaban J connectivity index is 2.25. The van der Waals surface area contributed by atoms with Gasteiger partial charge < -0.3 is 15.5 Å². The van der Waals surface area contributed by atoms with Crippen LogP contribution < -0.4 is 11.1 Å². The first-order chi connectivity index (χ1) is 9.51. The van der Waals surface area contributed by atoms with E-state index in [2.05, 4.69) is 5.32 Å². The number of anilines is 1. The fraction of sp³-hybridized carbons (Fsp3) is 0.143. The minimum absolute atomic E-state index is 0.00786. The van der Waals surface area contributed by atoms with Crippen molar-refractivity contribution in [1.29, 1.82) is 0 Å². The highest BCUT2D eigenvalue weighted by Gasteiger charge is 2.14. The van der Waals surface area contributed by atoms with Crippen molar-refractivity contribution in [3.05, 3.63) is 53.2 Å². The monoisotopic (exact) mass is 292 g/mol. The Hall–Kier alpha value is -2.21. The number of benzene rings is 1. The lowest BCUT2D eigenvalue weighted by molar-refractivity contribution is 0.0995. The number of hydrogen-bond acceptors (Lipinski definition) is 3. The lowest BCUT2D eigenvalue weighted by atomic mass is 10.1. The van der Waals surface area contributed by atoms with Gasteiger partial charge in [-0.2, -0.15) is 0 Å². The number of rotatable bonds is 4. The lowest BCUT2D eigenvalue weighted by Crippen LogP contribution is -2.17. The van der Waals surface area contributed by atoms with Crippen molar-refractivity contribution in [2.75, 3.05) is 5.32 Å². The van der Waals surface area contributed by atoms with Crippen molar-refractivity contribution in [3.63, 3.8) is 0 Å². The number of aryl methyl sites for hydroxylation is 1. The fourth-order valence-corrected chi connectivity index (χ4v) is 1.87. The zero-order chi connectivity index (χ0) is 14.7. The number of thiocarbonyl (C=S) groups is 1. The van der Waals surface area contributed by atoms with Crippen LogP contribution in [-0.4, -0.2) is 10.9 Å². The normalized spacial score (nSPS) is 10.3. The van der Waals surface area contributed by atoms with Crippen molar-refractivity contribution in [1.82, 2.24) is 0 Å². The first-order valence-corrected chi connectivity index (χ1v) is 6.41. The maximum absolute atomic E-state index is 13.2. The molecule has 0 unspecified atom stereocenters. The third-order valence-corrected chi connectivity index (χ3v) is 2.95. The van der Waals surface area contributed by atoms with Gasteiger partial charge in [-0.05, 0) is 30.3 Å². The predicted molar refractivity (Wildman–Crippen MR) is 78.3 cm³/mol. The van der Waals surface area contributed by atoms with E-state index >= 15 is 0 Å². The van der Waals surface area contributed by atoms with E-state index in [-0.39, 0.29) is 16.3 Å². The van der Waals surface area contributed by atoms with Crippen LogP contribution in [0.15, 0.2) is 34.7 Å². The molecule has 0 fully saturated rings. The quantitative estimate of drug-likeness (QED) is 0.850. The van der Waals surface area contributed by atoms with Gasteiger partial charge in [0.2, 0.25) is 0 Å². The van der Waals surface area contributed by atoms with Gasteiger partial charge in [-0.1, -0.05) is 19.1 Å². The average molecular weight is 292 g/mol. The van der Waals surface area contributed by atoms with Crippen LogP contribution in [-0.2, 0) is 6.42 Å². The number of halogens is 1. The summed E-state index contributed by atoms with van der Waals surface area (Å²) >= 11 is 4.84. The maximum Gasteiger partial charge on any atom is 0.291 e. The van der Waals surface area contributed by atoms with Gasteiger partial charge >= 0.3 is 0 Å². The van der Waals surface area contributed by atoms with Crippen LogP contribution in [0.2, 0.25) is 0 Å². The first kappa shape index (κ1) is 14.2. The van der Waals surface area contributed by atoms with Gasteiger partial charge in [0, 0.05) is 12.0 Å². The molecule has 0 atom stereocenters. The summed E-state index contributed by atoms with van der Waals surface area (Å²) in [6.07, 6.45) is 0.696. The Morgan fingerprint density at radius 3 is 2.75 bits per heavy atom. The van der Waals surface area contributed by atoms with Crippen molar-refractivity contribution in [3.8, 4) is 0 Å². The largest absolute Gasteiger partial charge is 0.456 e. The average Bonchev–Trinajstić information content (AvgIpc) is 2.89. The number of carbonyl (C=O) groups excluding carboxylic acids is 1. The Bertz CT molecular complexity index is 667. The van der Waals surface area contributed by atoms with E-state index in [1.807, 2.05) is 6.92 Å². The van der Waals surface area contributed by atoms with Gasteiger partial charge in [-0.25, -0.2) is 4.39 Å². The molecule has 0 aliphatic rings. The molecule has 1 amide bonds. The molecule has 0 aliphatic carbocycles. The molecule has 0 saturated carbocycles. The van der Waals surface area contributed by atoms with Gasteiger partial charge in [0.1, 0.15) is 16.6 Å². The Morgan fingerprint density at radius 2 is 2.15 bits per heavy atom. The summed E-state index contributed by atoms with van der Waals surface area (Å²) in [5.74, 6) is -0.0187. The molecular weight excluding hydrogens is 279 g/mol. The molecule has 0 radical (unpaired) electrons. The SMILES string of the molecule is CCc1ccc(C(=O)Nc2ccc(F)cc2C(N)=S)o1. The molecule has 20 heavy (non-hydrogen) atoms. The third-order valence-electron chi connectivity index (χ3n) is 2.73. The van der Waals surface area contributed by atoms with Gasteiger partial charge in [-0.3, -0.25) is 4.79 Å². The van der Waals surface area contributed by atoms with E-state index in [0.29, 0.717) is 17.9 Å². The van der Waals surface area contributed by atoms with Gasteiger partial charge in [0.15, 0.2) is 5.76 Å². The molecule has 2 rings (SSSR count). The first-order valence-electron chi connectivity index (χ1n) is 6.00. The molecule has 6 heteroatoms. The molecule has 1 aromatic heterocycles. The Labute approximate surface area is 120 Å². The molecule has 1 aromatic carbocycles. The predicted octanol–water partition coefficient (Wildman–Crippen LogP) is 2.87. The second-order valence-electron chi connectivity index (χ2n) is 4.13. The van der Waals surface area contributed by atoms with Crippen molar-refractivity contribution >= 4 is 28.8 Å². The second kappa shape index (κ2) is 5.83. The number of nitrogens with two attached hydrogens (primary N) is 1. The molecule has 0 saturated heterocycles. The van der Waals surface area contributed by atoms with Gasteiger partial charge in [0.25, 0.3) is 5.91 Å². The molecule has 0 bridgehead atoms. The number of carbonyl (C=O) groups is 1. The third kappa shape index (κ3) is 3.03. The van der Waals surface area contributed by atoms with Crippen LogP contribution in [0.3, 0.4) is 0 Å². The number of hydrogen-bond donors (Lipinski definition) is 2. The molecule has 104 valence electrons. The Morgan fingerprint density at radius 1 is 1.40 bits per heavy atom. The van der Waals surface area contributed by atoms with E-state index in [9.17, 15) is 9.18 Å². The summed E-state index contributed by atoms with van der Waals surface area (Å²) in [6, 6.07) is 7.12. The summed E-state index contributed by atoms with van der Waals surface area (Å²) in [5, 5.41) is 2.61. The molecule has 0 spiro atoms. The highest BCUT2D eigenvalue weighted by molar-refractivity contribution is 7.80. The van der Waals surface area contributed by atoms with Crippen LogP contribution in [0.5, 0.6) is 0 Å². The molecule has 2 aromatic rings. The van der Waals surface area contributed by atoms with Crippen molar-refractivity contribution in [2.24, 2.45) is 5.73 Å². The summed E-state index contributed by atoms with van der Waals surface area (Å²) in [4.78, 5) is 12.0. The fourth-order valence-electron chi connectivity index (χ4n) is 1.70. The minimum Gasteiger partial charge on any atom is -0.456 e. The lowest BCUT2D eigenvalue weighted by Gasteiger charge is -2.09. The highest BCUT2D eigenvalue weighted by atomic mass is 32.1. The molecule has 0 aliphatic heterocycles. The topological polar surface area (TPSA) is 68.3 Å². The number of furan rings is 1. The van der Waals surface area contributed by atoms with E-state index in [1.54, 1.807) is 12.1 Å². The van der Waals surface area contributed by atoms with Crippen LogP contribution >= 0.6 is 12.2 Å². The van der Waals surface area contributed by atoms with Crippen molar-refractivity contribution < 1.29 is 13.6 Å². The van der Waals surface area contributed by atoms with Crippen LogP contribution in [0.25, 0.3) is 0 Å². The van der Waals surface area contributed by atoms with Gasteiger partial charge in [-0.15, -0.1) is 0 Å². The minimum atomic E-state index is -0.475.